The fraction of sp³-hybridized carbons (Fsp3) is 1.00. The summed E-state index contributed by atoms with van der Waals surface area (Å²) in [4.78, 5) is 2.77. The van der Waals surface area contributed by atoms with Crippen molar-refractivity contribution in [3.63, 3.8) is 0 Å². The number of hydrogen-bond acceptors (Lipinski definition) is 2. The molecule has 20 heavy (non-hydrogen) atoms. The zero-order valence-electron chi connectivity index (χ0n) is 14.2. The molecule has 118 valence electrons. The zero-order chi connectivity index (χ0) is 15.6. The first kappa shape index (κ1) is 19.5. The third-order valence-corrected chi connectivity index (χ3v) is 10.4. The highest BCUT2D eigenvalue weighted by Gasteiger charge is 2.44. The fourth-order valence-corrected chi connectivity index (χ4v) is 8.93. The molecule has 0 aromatic carbocycles. The van der Waals surface area contributed by atoms with Crippen LogP contribution in [0.2, 0.25) is 16.6 Å². The first-order valence-electron chi connectivity index (χ1n) is 8.04. The van der Waals surface area contributed by atoms with Crippen molar-refractivity contribution in [2.75, 3.05) is 13.2 Å². The summed E-state index contributed by atoms with van der Waals surface area (Å²) in [6.45, 7) is 15.5. The minimum absolute atomic E-state index is 0.625. The second-order valence-electron chi connectivity index (χ2n) is 6.53. The quantitative estimate of drug-likeness (QED) is 0.151. The average Bonchev–Trinajstić information content (AvgIpc) is 2.35. The second-order valence-corrected chi connectivity index (χ2v) is 12.0. The standard InChI is InChI=1S/C15H33N3OSi/c1-13(2)20(14(3)4,15(5)6)19-12-10-8-7-9-11-17-18-16/h13-15H,7-12H2,1-6H3. The molecule has 0 fully saturated rings. The molecular weight excluding hydrogens is 266 g/mol. The van der Waals surface area contributed by atoms with Crippen molar-refractivity contribution in [1.82, 2.24) is 0 Å². The van der Waals surface area contributed by atoms with Gasteiger partial charge in [-0.15, -0.1) is 0 Å². The molecule has 0 N–H and O–H groups in total. The number of azide groups is 1. The summed E-state index contributed by atoms with van der Waals surface area (Å²) in [5.41, 5.74) is 10.2. The van der Waals surface area contributed by atoms with Crippen LogP contribution in [0, 0.1) is 0 Å². The molecule has 0 unspecified atom stereocenters. The first-order chi connectivity index (χ1) is 9.39. The SMILES string of the molecule is CC(C)[Si](OCCCCCCN=[N+]=[N-])(C(C)C)C(C)C. The van der Waals surface area contributed by atoms with Gasteiger partial charge in [0.05, 0.1) is 0 Å². The number of hydrogen-bond donors (Lipinski definition) is 0. The normalized spacial score (nSPS) is 12.2. The van der Waals surface area contributed by atoms with Crippen LogP contribution < -0.4 is 0 Å². The lowest BCUT2D eigenvalue weighted by Gasteiger charge is -2.42. The van der Waals surface area contributed by atoms with Crippen LogP contribution in [0.5, 0.6) is 0 Å². The fourth-order valence-electron chi connectivity index (χ4n) is 3.43. The molecule has 0 saturated heterocycles. The Hall–Kier alpha value is -0.513. The topological polar surface area (TPSA) is 58.0 Å². The molecule has 0 rings (SSSR count). The lowest BCUT2D eigenvalue weighted by Crippen LogP contribution is -2.47. The van der Waals surface area contributed by atoms with Crippen molar-refractivity contribution in [1.29, 1.82) is 0 Å². The molecule has 0 aliphatic carbocycles. The monoisotopic (exact) mass is 299 g/mol. The van der Waals surface area contributed by atoms with Crippen LogP contribution in [0.3, 0.4) is 0 Å². The van der Waals surface area contributed by atoms with E-state index in [1.807, 2.05) is 0 Å². The van der Waals surface area contributed by atoms with Gasteiger partial charge in [-0.3, -0.25) is 0 Å². The third-order valence-electron chi connectivity index (χ3n) is 4.27. The highest BCUT2D eigenvalue weighted by molar-refractivity contribution is 6.77. The zero-order valence-corrected chi connectivity index (χ0v) is 15.2. The molecule has 0 aliphatic heterocycles. The van der Waals surface area contributed by atoms with Gasteiger partial charge in [0.15, 0.2) is 8.32 Å². The number of nitrogens with zero attached hydrogens (tertiary/aromatic N) is 3. The Bertz CT molecular complexity index is 278. The van der Waals surface area contributed by atoms with E-state index < -0.39 is 8.32 Å². The minimum Gasteiger partial charge on any atom is -0.416 e. The summed E-state index contributed by atoms with van der Waals surface area (Å²) >= 11 is 0. The summed E-state index contributed by atoms with van der Waals surface area (Å²) in [6.07, 6.45) is 4.41. The van der Waals surface area contributed by atoms with E-state index in [-0.39, 0.29) is 0 Å². The van der Waals surface area contributed by atoms with Gasteiger partial charge >= 0.3 is 0 Å². The predicted octanol–water partition coefficient (Wildman–Crippen LogP) is 6.05. The molecule has 0 aromatic rings. The van der Waals surface area contributed by atoms with Gasteiger partial charge in [-0.05, 0) is 35.0 Å². The molecule has 0 bridgehead atoms. The lowest BCUT2D eigenvalue weighted by atomic mass is 10.2. The molecule has 0 amide bonds. The Kier molecular flexibility index (Phi) is 9.99. The minimum atomic E-state index is -1.68. The van der Waals surface area contributed by atoms with Crippen LogP contribution in [-0.4, -0.2) is 21.5 Å². The van der Waals surface area contributed by atoms with Crippen LogP contribution in [0.4, 0.5) is 0 Å². The summed E-state index contributed by atoms with van der Waals surface area (Å²) in [7, 11) is -1.68. The Morgan fingerprint density at radius 1 is 0.900 bits per heavy atom. The van der Waals surface area contributed by atoms with Gasteiger partial charge in [-0.2, -0.15) is 0 Å². The molecule has 0 saturated carbocycles. The predicted molar refractivity (Wildman–Crippen MR) is 89.5 cm³/mol. The Morgan fingerprint density at radius 2 is 1.40 bits per heavy atom. The highest BCUT2D eigenvalue weighted by Crippen LogP contribution is 2.42. The van der Waals surface area contributed by atoms with Crippen LogP contribution in [0.25, 0.3) is 10.4 Å². The van der Waals surface area contributed by atoms with Crippen molar-refractivity contribution in [3.05, 3.63) is 10.4 Å². The van der Waals surface area contributed by atoms with Gasteiger partial charge in [0.1, 0.15) is 0 Å². The third kappa shape index (κ3) is 5.86. The Morgan fingerprint density at radius 3 is 1.85 bits per heavy atom. The molecule has 5 heteroatoms. The van der Waals surface area contributed by atoms with Gasteiger partial charge in [0.2, 0.25) is 0 Å². The van der Waals surface area contributed by atoms with Gasteiger partial charge in [0, 0.05) is 18.1 Å². The van der Waals surface area contributed by atoms with E-state index in [0.29, 0.717) is 23.2 Å². The van der Waals surface area contributed by atoms with E-state index in [0.717, 1.165) is 25.9 Å². The average molecular weight is 300 g/mol. The summed E-state index contributed by atoms with van der Waals surface area (Å²) in [6, 6.07) is 0. The maximum Gasteiger partial charge on any atom is 0.200 e. The molecule has 0 atom stereocenters. The highest BCUT2D eigenvalue weighted by atomic mass is 28.4. The van der Waals surface area contributed by atoms with E-state index in [2.05, 4.69) is 51.6 Å². The van der Waals surface area contributed by atoms with E-state index in [9.17, 15) is 0 Å². The summed E-state index contributed by atoms with van der Waals surface area (Å²) < 4.78 is 6.50. The Balaban J connectivity index is 4.13. The van der Waals surface area contributed by atoms with E-state index in [4.69, 9.17) is 9.96 Å². The van der Waals surface area contributed by atoms with Crippen LogP contribution in [0.1, 0.15) is 67.2 Å². The second kappa shape index (κ2) is 10.2. The Labute approximate surface area is 126 Å². The first-order valence-corrected chi connectivity index (χ1v) is 10.2. The molecule has 0 aliphatic rings. The molecule has 0 heterocycles. The van der Waals surface area contributed by atoms with Gasteiger partial charge < -0.3 is 4.43 Å². The maximum atomic E-state index is 8.20. The molecule has 0 spiro atoms. The maximum absolute atomic E-state index is 8.20. The summed E-state index contributed by atoms with van der Waals surface area (Å²) in [5.74, 6) is 0. The number of rotatable bonds is 11. The van der Waals surface area contributed by atoms with Gasteiger partial charge in [-0.25, -0.2) is 0 Å². The molecule has 0 radical (unpaired) electrons. The van der Waals surface area contributed by atoms with Crippen molar-refractivity contribution in [3.8, 4) is 0 Å². The van der Waals surface area contributed by atoms with E-state index >= 15 is 0 Å². The number of unbranched alkanes of at least 4 members (excludes halogenated alkanes) is 3. The van der Waals surface area contributed by atoms with Crippen molar-refractivity contribution >= 4 is 8.32 Å². The molecule has 4 nitrogen and oxygen atoms in total. The lowest BCUT2D eigenvalue weighted by molar-refractivity contribution is 0.268. The molecule has 0 aromatic heterocycles. The van der Waals surface area contributed by atoms with E-state index in [1.54, 1.807) is 0 Å². The summed E-state index contributed by atoms with van der Waals surface area (Å²) in [5, 5.41) is 3.55. The van der Waals surface area contributed by atoms with Gasteiger partial charge in [0.25, 0.3) is 0 Å². The van der Waals surface area contributed by atoms with Crippen molar-refractivity contribution in [2.24, 2.45) is 5.11 Å². The van der Waals surface area contributed by atoms with Crippen LogP contribution in [0.15, 0.2) is 5.11 Å². The van der Waals surface area contributed by atoms with E-state index in [1.165, 1.54) is 6.42 Å². The van der Waals surface area contributed by atoms with Crippen LogP contribution >= 0.6 is 0 Å². The van der Waals surface area contributed by atoms with Crippen LogP contribution in [-0.2, 0) is 4.43 Å². The van der Waals surface area contributed by atoms with Crippen molar-refractivity contribution in [2.45, 2.75) is 83.8 Å². The van der Waals surface area contributed by atoms with Gasteiger partial charge in [-0.1, -0.05) is 59.5 Å². The largest absolute Gasteiger partial charge is 0.416 e. The molecular formula is C15H33N3OSi. The smallest absolute Gasteiger partial charge is 0.200 e. The van der Waals surface area contributed by atoms with Crippen molar-refractivity contribution < 1.29 is 4.43 Å².